The van der Waals surface area contributed by atoms with Gasteiger partial charge in [0.25, 0.3) is 0 Å². The lowest BCUT2D eigenvalue weighted by Crippen LogP contribution is -2.40. The number of hydrogen-bond donors (Lipinski definition) is 2. The minimum atomic E-state index is -1.19. The summed E-state index contributed by atoms with van der Waals surface area (Å²) >= 11 is 1.87. The average molecular weight is 307 g/mol. The summed E-state index contributed by atoms with van der Waals surface area (Å²) in [7, 11) is 0. The van der Waals surface area contributed by atoms with Crippen LogP contribution in [0.2, 0.25) is 0 Å². The van der Waals surface area contributed by atoms with Crippen LogP contribution < -0.4 is 5.32 Å². The van der Waals surface area contributed by atoms with Crippen molar-refractivity contribution in [3.63, 3.8) is 0 Å². The van der Waals surface area contributed by atoms with Gasteiger partial charge in [0.05, 0.1) is 5.41 Å². The highest BCUT2D eigenvalue weighted by Crippen LogP contribution is 2.28. The molecule has 2 N–H and O–H groups in total. The molecule has 0 aliphatic carbocycles. The zero-order valence-corrected chi connectivity index (χ0v) is 13.0. The van der Waals surface area contributed by atoms with Gasteiger partial charge in [0, 0.05) is 18.2 Å². The highest BCUT2D eigenvalue weighted by molar-refractivity contribution is 8.00. The summed E-state index contributed by atoms with van der Waals surface area (Å²) in [6, 6.07) is 8.94. The van der Waals surface area contributed by atoms with E-state index in [2.05, 4.69) is 5.32 Å². The summed E-state index contributed by atoms with van der Waals surface area (Å²) in [6.07, 6.45) is 2.28. The quantitative estimate of drug-likeness (QED) is 0.847. The van der Waals surface area contributed by atoms with Gasteiger partial charge in [-0.1, -0.05) is 30.3 Å². The normalized spacial score (nSPS) is 20.7. The highest BCUT2D eigenvalue weighted by Gasteiger charge is 2.37. The van der Waals surface area contributed by atoms with Crippen molar-refractivity contribution in [2.75, 3.05) is 12.3 Å². The third-order valence-corrected chi connectivity index (χ3v) is 5.35. The third kappa shape index (κ3) is 4.00. The number of benzene rings is 1. The van der Waals surface area contributed by atoms with Crippen molar-refractivity contribution < 1.29 is 14.7 Å². The van der Waals surface area contributed by atoms with Crippen LogP contribution in [0.5, 0.6) is 0 Å². The molecule has 0 radical (unpaired) electrons. The zero-order chi connectivity index (χ0) is 15.3. The molecule has 2 unspecified atom stereocenters. The first-order valence-electron chi connectivity index (χ1n) is 7.19. The number of hydrogen-bond acceptors (Lipinski definition) is 3. The Balaban J connectivity index is 1.99. The maximum absolute atomic E-state index is 12.1. The number of carbonyl (C=O) groups excluding carboxylic acids is 1. The largest absolute Gasteiger partial charge is 0.481 e. The van der Waals surface area contributed by atoms with Gasteiger partial charge in [0.15, 0.2) is 0 Å². The number of amides is 1. The third-order valence-electron chi connectivity index (χ3n) is 3.95. The summed E-state index contributed by atoms with van der Waals surface area (Å²) < 4.78 is 0. The molecule has 5 heteroatoms. The van der Waals surface area contributed by atoms with Gasteiger partial charge in [-0.05, 0) is 31.1 Å². The van der Waals surface area contributed by atoms with Crippen LogP contribution in [-0.2, 0) is 15.0 Å². The molecule has 0 bridgehead atoms. The highest BCUT2D eigenvalue weighted by atomic mass is 32.2. The molecule has 0 spiro atoms. The van der Waals surface area contributed by atoms with Crippen LogP contribution in [0.3, 0.4) is 0 Å². The fourth-order valence-corrected chi connectivity index (χ4v) is 3.72. The minimum absolute atomic E-state index is 0.0380. The number of carboxylic acid groups (broad SMARTS) is 1. The van der Waals surface area contributed by atoms with E-state index >= 15 is 0 Å². The Labute approximate surface area is 129 Å². The number of carboxylic acids is 1. The molecule has 4 nitrogen and oxygen atoms in total. The van der Waals surface area contributed by atoms with Crippen LogP contribution in [0.15, 0.2) is 30.3 Å². The fourth-order valence-electron chi connectivity index (χ4n) is 2.52. The summed E-state index contributed by atoms with van der Waals surface area (Å²) in [5.74, 6) is -0.0208. The molecule has 1 amide bonds. The Morgan fingerprint density at radius 2 is 2.10 bits per heavy atom. The standard InChI is InChI=1S/C16H21NO3S/c1-16(15(19)20,12-6-3-2-4-7-12)10-14(18)17-11-13-8-5-9-21-13/h2-4,6-7,13H,5,8-11H2,1H3,(H,17,18)(H,19,20). The van der Waals surface area contributed by atoms with E-state index < -0.39 is 11.4 Å². The van der Waals surface area contributed by atoms with Gasteiger partial charge in [-0.25, -0.2) is 0 Å². The lowest BCUT2D eigenvalue weighted by molar-refractivity contribution is -0.145. The van der Waals surface area contributed by atoms with Gasteiger partial charge < -0.3 is 10.4 Å². The number of rotatable bonds is 6. The molecule has 114 valence electrons. The van der Waals surface area contributed by atoms with Crippen LogP contribution >= 0.6 is 11.8 Å². The smallest absolute Gasteiger partial charge is 0.314 e. The second kappa shape index (κ2) is 6.98. The van der Waals surface area contributed by atoms with Crippen LogP contribution in [0.1, 0.15) is 31.7 Å². The lowest BCUT2D eigenvalue weighted by atomic mass is 9.79. The molecule has 1 aliphatic heterocycles. The molecule has 0 aromatic heterocycles. The van der Waals surface area contributed by atoms with Gasteiger partial charge in [-0.2, -0.15) is 11.8 Å². The van der Waals surface area contributed by atoms with Crippen LogP contribution in [0, 0.1) is 0 Å². The molecule has 1 fully saturated rings. The molecule has 2 atom stereocenters. The first-order chi connectivity index (χ1) is 10.0. The number of carbonyl (C=O) groups is 2. The molecular formula is C16H21NO3S. The molecule has 1 aromatic carbocycles. The SMILES string of the molecule is CC(CC(=O)NCC1CCCS1)(C(=O)O)c1ccccc1. The van der Waals surface area contributed by atoms with E-state index in [9.17, 15) is 14.7 Å². The summed E-state index contributed by atoms with van der Waals surface area (Å²) in [6.45, 7) is 2.24. The fraction of sp³-hybridized carbons (Fsp3) is 0.500. The molecule has 1 heterocycles. The second-order valence-electron chi connectivity index (χ2n) is 5.62. The van der Waals surface area contributed by atoms with E-state index in [1.54, 1.807) is 31.2 Å². The maximum Gasteiger partial charge on any atom is 0.314 e. The second-order valence-corrected chi connectivity index (χ2v) is 7.03. The topological polar surface area (TPSA) is 66.4 Å². The van der Waals surface area contributed by atoms with Crippen molar-refractivity contribution in [3.8, 4) is 0 Å². The molecular weight excluding hydrogens is 286 g/mol. The Morgan fingerprint density at radius 1 is 1.38 bits per heavy atom. The van der Waals surface area contributed by atoms with Crippen molar-refractivity contribution in [2.45, 2.75) is 36.9 Å². The van der Waals surface area contributed by atoms with E-state index in [0.29, 0.717) is 17.4 Å². The molecule has 0 saturated carbocycles. The first kappa shape index (κ1) is 15.9. The van der Waals surface area contributed by atoms with Gasteiger partial charge in [-0.15, -0.1) is 0 Å². The number of nitrogens with one attached hydrogen (secondary N) is 1. The van der Waals surface area contributed by atoms with Crippen molar-refractivity contribution in [3.05, 3.63) is 35.9 Å². The van der Waals surface area contributed by atoms with Crippen LogP contribution in [0.25, 0.3) is 0 Å². The van der Waals surface area contributed by atoms with Crippen molar-refractivity contribution in [1.82, 2.24) is 5.32 Å². The summed E-state index contributed by atoms with van der Waals surface area (Å²) in [5.41, 5.74) is -0.531. The summed E-state index contributed by atoms with van der Waals surface area (Å²) in [5, 5.41) is 12.9. The zero-order valence-electron chi connectivity index (χ0n) is 12.2. The maximum atomic E-state index is 12.1. The number of aliphatic carboxylic acids is 1. The van der Waals surface area contributed by atoms with Crippen LogP contribution in [-0.4, -0.2) is 34.5 Å². The Bertz CT molecular complexity index is 500. The lowest BCUT2D eigenvalue weighted by Gasteiger charge is -2.25. The van der Waals surface area contributed by atoms with Crippen molar-refractivity contribution >= 4 is 23.6 Å². The Kier molecular flexibility index (Phi) is 5.28. The van der Waals surface area contributed by atoms with Crippen LogP contribution in [0.4, 0.5) is 0 Å². The van der Waals surface area contributed by atoms with Gasteiger partial charge in [-0.3, -0.25) is 9.59 Å². The first-order valence-corrected chi connectivity index (χ1v) is 8.24. The molecule has 21 heavy (non-hydrogen) atoms. The Hall–Kier alpha value is -1.49. The molecule has 1 aromatic rings. The van der Waals surface area contributed by atoms with Gasteiger partial charge >= 0.3 is 5.97 Å². The van der Waals surface area contributed by atoms with E-state index in [-0.39, 0.29) is 12.3 Å². The summed E-state index contributed by atoms with van der Waals surface area (Å²) in [4.78, 5) is 23.7. The van der Waals surface area contributed by atoms with Gasteiger partial charge in [0.2, 0.25) is 5.91 Å². The Morgan fingerprint density at radius 3 is 2.67 bits per heavy atom. The van der Waals surface area contributed by atoms with Gasteiger partial charge in [0.1, 0.15) is 0 Å². The van der Waals surface area contributed by atoms with E-state index in [0.717, 1.165) is 12.2 Å². The predicted octanol–water partition coefficient (Wildman–Crippen LogP) is 2.43. The number of thioether (sulfide) groups is 1. The monoisotopic (exact) mass is 307 g/mol. The average Bonchev–Trinajstić information content (AvgIpc) is 2.99. The molecule has 1 saturated heterocycles. The van der Waals surface area contributed by atoms with E-state index in [1.165, 1.54) is 6.42 Å². The van der Waals surface area contributed by atoms with Crippen molar-refractivity contribution in [1.29, 1.82) is 0 Å². The molecule has 2 rings (SSSR count). The minimum Gasteiger partial charge on any atom is -0.481 e. The predicted molar refractivity (Wildman–Crippen MR) is 84.5 cm³/mol. The van der Waals surface area contributed by atoms with E-state index in [4.69, 9.17) is 0 Å². The molecule has 1 aliphatic rings. The van der Waals surface area contributed by atoms with E-state index in [1.807, 2.05) is 17.8 Å². The van der Waals surface area contributed by atoms with Crippen molar-refractivity contribution in [2.24, 2.45) is 0 Å².